The molecule has 0 N–H and O–H groups in total. The highest BCUT2D eigenvalue weighted by Gasteiger charge is 2.04. The normalized spacial score (nSPS) is 10.8. The van der Waals surface area contributed by atoms with Gasteiger partial charge in [-0.05, 0) is 37.0 Å². The largest absolute Gasteiger partial charge is 0.466 e. The first-order chi connectivity index (χ1) is 15.1. The molecule has 1 aromatic rings. The monoisotopic (exact) mass is 452 g/mol. The summed E-state index contributed by atoms with van der Waals surface area (Å²) < 4.78 is 10.6. The smallest absolute Gasteiger partial charge is 0.305 e. The van der Waals surface area contributed by atoms with Crippen LogP contribution < -0.4 is 0 Å². The van der Waals surface area contributed by atoms with Gasteiger partial charge in [0.1, 0.15) is 0 Å². The first-order valence-corrected chi connectivity index (χ1v) is 12.5. The van der Waals surface area contributed by atoms with Crippen LogP contribution in [0.1, 0.15) is 102 Å². The number of rotatable bonds is 19. The van der Waals surface area contributed by atoms with Gasteiger partial charge in [0.15, 0.2) is 0 Å². The predicted octanol–water partition coefficient (Wildman–Crippen LogP) is 7.45. The molecule has 0 spiro atoms. The van der Waals surface area contributed by atoms with Crippen LogP contribution in [0, 0.1) is 0 Å². The van der Waals surface area contributed by atoms with Gasteiger partial charge in [-0.15, -0.1) is 0 Å². The van der Waals surface area contributed by atoms with Crippen molar-refractivity contribution in [3.63, 3.8) is 0 Å². The van der Waals surface area contributed by atoms with Gasteiger partial charge in [0.25, 0.3) is 0 Å². The summed E-state index contributed by atoms with van der Waals surface area (Å²) in [7, 11) is 0. The summed E-state index contributed by atoms with van der Waals surface area (Å²) >= 11 is 5.85. The molecule has 0 bridgehead atoms. The standard InChI is InChI=1S/C26H41ClO4/c1-2-3-4-5-10-13-21-30-25(28)14-11-8-6-7-9-12-15-26(29)31-22-20-23-16-18-24(27)19-17-23/h16-19H,2-15,20-22H2,1H3. The van der Waals surface area contributed by atoms with E-state index in [4.69, 9.17) is 21.1 Å². The lowest BCUT2D eigenvalue weighted by molar-refractivity contribution is -0.144. The predicted molar refractivity (Wildman–Crippen MR) is 127 cm³/mol. The second-order valence-corrected chi connectivity index (χ2v) is 8.64. The fourth-order valence-corrected chi connectivity index (χ4v) is 3.52. The number of benzene rings is 1. The van der Waals surface area contributed by atoms with E-state index >= 15 is 0 Å². The van der Waals surface area contributed by atoms with Gasteiger partial charge >= 0.3 is 11.9 Å². The number of ether oxygens (including phenoxy) is 2. The van der Waals surface area contributed by atoms with E-state index in [1.165, 1.54) is 25.7 Å². The summed E-state index contributed by atoms with van der Waals surface area (Å²) in [5.74, 6) is -0.183. The molecule has 0 atom stereocenters. The van der Waals surface area contributed by atoms with E-state index in [-0.39, 0.29) is 11.9 Å². The van der Waals surface area contributed by atoms with Crippen molar-refractivity contribution in [1.29, 1.82) is 0 Å². The Bertz CT molecular complexity index is 586. The lowest BCUT2D eigenvalue weighted by atomic mass is 10.1. The Hall–Kier alpha value is -1.55. The topological polar surface area (TPSA) is 52.6 Å². The zero-order valence-corrected chi connectivity index (χ0v) is 20.1. The molecule has 0 aromatic heterocycles. The molecule has 176 valence electrons. The fourth-order valence-electron chi connectivity index (χ4n) is 3.39. The number of halogens is 1. The Morgan fingerprint density at radius 2 is 1.16 bits per heavy atom. The van der Waals surface area contributed by atoms with Gasteiger partial charge in [-0.3, -0.25) is 9.59 Å². The summed E-state index contributed by atoms with van der Waals surface area (Å²) in [6.07, 6.45) is 14.9. The van der Waals surface area contributed by atoms with E-state index in [9.17, 15) is 9.59 Å². The fraction of sp³-hybridized carbons (Fsp3) is 0.692. The third kappa shape index (κ3) is 16.8. The Morgan fingerprint density at radius 1 is 0.677 bits per heavy atom. The Morgan fingerprint density at radius 3 is 1.74 bits per heavy atom. The number of esters is 2. The molecule has 5 heteroatoms. The average Bonchev–Trinajstić information content (AvgIpc) is 2.76. The van der Waals surface area contributed by atoms with Gasteiger partial charge in [-0.25, -0.2) is 0 Å². The zero-order valence-electron chi connectivity index (χ0n) is 19.3. The highest BCUT2D eigenvalue weighted by atomic mass is 35.5. The van der Waals surface area contributed by atoms with Crippen molar-refractivity contribution in [3.8, 4) is 0 Å². The molecule has 0 radical (unpaired) electrons. The second-order valence-electron chi connectivity index (χ2n) is 8.21. The molecule has 0 fully saturated rings. The van der Waals surface area contributed by atoms with E-state index in [2.05, 4.69) is 6.92 Å². The Kier molecular flexibility index (Phi) is 17.0. The maximum Gasteiger partial charge on any atom is 0.305 e. The minimum Gasteiger partial charge on any atom is -0.466 e. The van der Waals surface area contributed by atoms with Gasteiger partial charge < -0.3 is 9.47 Å². The molecule has 31 heavy (non-hydrogen) atoms. The maximum absolute atomic E-state index is 11.8. The molecule has 4 nitrogen and oxygen atoms in total. The average molecular weight is 453 g/mol. The molecule has 0 saturated carbocycles. The highest BCUT2D eigenvalue weighted by molar-refractivity contribution is 6.30. The number of unbranched alkanes of at least 4 members (excludes halogenated alkanes) is 10. The van der Waals surface area contributed by atoms with E-state index in [0.717, 1.165) is 56.9 Å². The summed E-state index contributed by atoms with van der Waals surface area (Å²) in [5.41, 5.74) is 1.11. The molecule has 0 aliphatic heterocycles. The van der Waals surface area contributed by atoms with Crippen LogP contribution in [0.5, 0.6) is 0 Å². The van der Waals surface area contributed by atoms with Crippen molar-refractivity contribution < 1.29 is 19.1 Å². The van der Waals surface area contributed by atoms with Crippen molar-refractivity contribution in [1.82, 2.24) is 0 Å². The third-order valence-electron chi connectivity index (χ3n) is 5.34. The molecule has 0 amide bonds. The van der Waals surface area contributed by atoms with Crippen LogP contribution >= 0.6 is 11.6 Å². The first-order valence-electron chi connectivity index (χ1n) is 12.2. The van der Waals surface area contributed by atoms with Gasteiger partial charge in [-0.2, -0.15) is 0 Å². The lowest BCUT2D eigenvalue weighted by Crippen LogP contribution is -2.07. The third-order valence-corrected chi connectivity index (χ3v) is 5.59. The highest BCUT2D eigenvalue weighted by Crippen LogP contribution is 2.12. The van der Waals surface area contributed by atoms with E-state index in [1.54, 1.807) is 0 Å². The van der Waals surface area contributed by atoms with E-state index in [0.29, 0.717) is 37.5 Å². The van der Waals surface area contributed by atoms with Crippen LogP contribution in [0.2, 0.25) is 5.02 Å². The van der Waals surface area contributed by atoms with Crippen LogP contribution in [0.3, 0.4) is 0 Å². The number of carbonyl (C=O) groups excluding carboxylic acids is 2. The van der Waals surface area contributed by atoms with Crippen molar-refractivity contribution in [2.24, 2.45) is 0 Å². The van der Waals surface area contributed by atoms with Crippen molar-refractivity contribution in [2.75, 3.05) is 13.2 Å². The van der Waals surface area contributed by atoms with Crippen LogP contribution in [0.4, 0.5) is 0 Å². The molecule has 0 aliphatic carbocycles. The molecular formula is C26H41ClO4. The van der Waals surface area contributed by atoms with Gasteiger partial charge in [0.2, 0.25) is 0 Å². The number of hydrogen-bond acceptors (Lipinski definition) is 4. The quantitative estimate of drug-likeness (QED) is 0.161. The maximum atomic E-state index is 11.8. The molecule has 0 aliphatic rings. The van der Waals surface area contributed by atoms with Crippen molar-refractivity contribution >= 4 is 23.5 Å². The van der Waals surface area contributed by atoms with Crippen molar-refractivity contribution in [2.45, 2.75) is 103 Å². The van der Waals surface area contributed by atoms with Gasteiger partial charge in [-0.1, -0.05) is 88.4 Å². The summed E-state index contributed by atoms with van der Waals surface area (Å²) in [4.78, 5) is 23.5. The first kappa shape index (κ1) is 27.5. The summed E-state index contributed by atoms with van der Waals surface area (Å²) in [6.45, 7) is 3.20. The molecule has 0 saturated heterocycles. The Balaban J connectivity index is 1.84. The van der Waals surface area contributed by atoms with Crippen LogP contribution in [0.15, 0.2) is 24.3 Å². The molecule has 1 aromatic carbocycles. The zero-order chi connectivity index (χ0) is 22.6. The summed E-state index contributed by atoms with van der Waals surface area (Å²) in [5, 5.41) is 0.712. The van der Waals surface area contributed by atoms with E-state index < -0.39 is 0 Å². The van der Waals surface area contributed by atoms with Crippen LogP contribution in [-0.4, -0.2) is 25.2 Å². The molecule has 0 unspecified atom stereocenters. The molecular weight excluding hydrogens is 412 g/mol. The van der Waals surface area contributed by atoms with Gasteiger partial charge in [0.05, 0.1) is 13.2 Å². The van der Waals surface area contributed by atoms with Crippen molar-refractivity contribution in [3.05, 3.63) is 34.9 Å². The van der Waals surface area contributed by atoms with Crippen LogP contribution in [-0.2, 0) is 25.5 Å². The second kappa shape index (κ2) is 19.2. The lowest BCUT2D eigenvalue weighted by Gasteiger charge is -2.06. The molecule has 0 heterocycles. The van der Waals surface area contributed by atoms with Crippen LogP contribution in [0.25, 0.3) is 0 Å². The summed E-state index contributed by atoms with van der Waals surface area (Å²) in [6, 6.07) is 7.59. The number of carbonyl (C=O) groups is 2. The van der Waals surface area contributed by atoms with E-state index in [1.807, 2.05) is 24.3 Å². The SMILES string of the molecule is CCCCCCCCOC(=O)CCCCCCCCC(=O)OCCc1ccc(Cl)cc1. The minimum atomic E-state index is -0.123. The van der Waals surface area contributed by atoms with Gasteiger partial charge in [0, 0.05) is 24.3 Å². The molecule has 1 rings (SSSR count). The Labute approximate surface area is 194 Å². The minimum absolute atomic E-state index is 0.0603. The number of hydrogen-bond donors (Lipinski definition) is 0.